The van der Waals surface area contributed by atoms with Crippen molar-refractivity contribution in [1.82, 2.24) is 4.90 Å². The smallest absolute Gasteiger partial charge is 0.130 e. The molecule has 17 heavy (non-hydrogen) atoms. The number of rotatable bonds is 0. The minimum Gasteiger partial charge on any atom is -0.376 e. The Balaban J connectivity index is 1.62. The third-order valence-electron chi connectivity index (χ3n) is 6.00. The van der Waals surface area contributed by atoms with Gasteiger partial charge in [-0.25, -0.2) is 0 Å². The van der Waals surface area contributed by atoms with E-state index in [-0.39, 0.29) is 0 Å². The van der Waals surface area contributed by atoms with Crippen LogP contribution in [0.15, 0.2) is 11.3 Å². The normalized spacial score (nSPS) is 42.2. The Morgan fingerprint density at radius 1 is 1.41 bits per heavy atom. The first kappa shape index (κ1) is 10.5. The van der Waals surface area contributed by atoms with E-state index in [4.69, 9.17) is 4.74 Å². The van der Waals surface area contributed by atoms with Crippen LogP contribution >= 0.6 is 0 Å². The predicted octanol–water partition coefficient (Wildman–Crippen LogP) is 2.34. The number of likely N-dealkylation sites (N-methyl/N-ethyl adjacent to an activating group) is 1. The summed E-state index contributed by atoms with van der Waals surface area (Å²) in [6.07, 6.45) is 6.85. The average molecular weight is 231 g/mol. The number of fused-ring (bicyclic) bond motifs is 1. The van der Waals surface area contributed by atoms with E-state index in [1.54, 1.807) is 11.3 Å². The topological polar surface area (TPSA) is 12.5 Å². The van der Waals surface area contributed by atoms with Crippen LogP contribution in [-0.4, -0.2) is 38.0 Å². The number of ether oxygens (including phenoxy) is 1. The molecule has 3 aliphatic heterocycles. The lowest BCUT2D eigenvalue weighted by Gasteiger charge is -2.46. The van der Waals surface area contributed by atoms with Gasteiger partial charge in [-0.3, -0.25) is 0 Å². The van der Waals surface area contributed by atoms with Gasteiger partial charge in [-0.05, 0) is 31.3 Å². The summed E-state index contributed by atoms with van der Waals surface area (Å²) < 4.78 is 5.49. The standard InChI is InChI=1S/C14H22BNO/c1-13-5-3-4-11-10(6-12(13)15-13)7-14(16(11)2)8-17-9-14/h12,15H,3-9H2,1-2H3. The van der Waals surface area contributed by atoms with Gasteiger partial charge in [0.15, 0.2) is 0 Å². The van der Waals surface area contributed by atoms with Crippen LogP contribution in [0.3, 0.4) is 0 Å². The van der Waals surface area contributed by atoms with Gasteiger partial charge >= 0.3 is 0 Å². The zero-order chi connectivity index (χ0) is 11.7. The minimum atomic E-state index is 0.375. The first-order valence-corrected chi connectivity index (χ1v) is 7.16. The van der Waals surface area contributed by atoms with Crippen LogP contribution in [0.2, 0.25) is 11.1 Å². The highest BCUT2D eigenvalue weighted by molar-refractivity contribution is 6.56. The largest absolute Gasteiger partial charge is 0.376 e. The van der Waals surface area contributed by atoms with E-state index >= 15 is 0 Å². The van der Waals surface area contributed by atoms with E-state index in [9.17, 15) is 0 Å². The van der Waals surface area contributed by atoms with Gasteiger partial charge in [0.25, 0.3) is 0 Å². The van der Waals surface area contributed by atoms with Crippen molar-refractivity contribution in [2.45, 2.75) is 55.7 Å². The third kappa shape index (κ3) is 1.32. The van der Waals surface area contributed by atoms with Crippen molar-refractivity contribution in [1.29, 1.82) is 0 Å². The van der Waals surface area contributed by atoms with Gasteiger partial charge in [0.1, 0.15) is 7.28 Å². The number of hydrogen-bond donors (Lipinski definition) is 0. The molecule has 4 aliphatic rings. The van der Waals surface area contributed by atoms with Crippen LogP contribution in [0.4, 0.5) is 0 Å². The fraction of sp³-hybridized carbons (Fsp3) is 0.857. The second kappa shape index (κ2) is 3.11. The predicted molar refractivity (Wildman–Crippen MR) is 70.7 cm³/mol. The maximum absolute atomic E-state index is 5.49. The van der Waals surface area contributed by atoms with Gasteiger partial charge in [0, 0.05) is 12.7 Å². The molecule has 2 fully saturated rings. The van der Waals surface area contributed by atoms with Crippen molar-refractivity contribution in [3.63, 3.8) is 0 Å². The molecular formula is C14H22BNO. The first-order valence-electron chi connectivity index (χ1n) is 7.16. The fourth-order valence-electron chi connectivity index (χ4n) is 4.39. The molecule has 0 bridgehead atoms. The second-order valence-electron chi connectivity index (χ2n) is 7.12. The SMILES string of the molecule is CN1C2=C(CC3BC3(C)CCC2)CC12COC2. The van der Waals surface area contributed by atoms with Crippen LogP contribution in [0.5, 0.6) is 0 Å². The lowest BCUT2D eigenvalue weighted by Crippen LogP contribution is -2.57. The lowest BCUT2D eigenvalue weighted by molar-refractivity contribution is -0.113. The fourth-order valence-corrected chi connectivity index (χ4v) is 4.39. The Morgan fingerprint density at radius 3 is 2.94 bits per heavy atom. The van der Waals surface area contributed by atoms with Crippen LogP contribution in [0.25, 0.3) is 0 Å². The van der Waals surface area contributed by atoms with Crippen LogP contribution in [-0.2, 0) is 4.74 Å². The summed E-state index contributed by atoms with van der Waals surface area (Å²) in [6.45, 7) is 4.42. The monoisotopic (exact) mass is 231 g/mol. The first-order chi connectivity index (χ1) is 8.13. The van der Waals surface area contributed by atoms with E-state index in [0.717, 1.165) is 19.0 Å². The summed E-state index contributed by atoms with van der Waals surface area (Å²) in [6, 6.07) is 0. The third-order valence-corrected chi connectivity index (χ3v) is 6.00. The van der Waals surface area contributed by atoms with Crippen molar-refractivity contribution < 1.29 is 4.74 Å². The Kier molecular flexibility index (Phi) is 1.92. The van der Waals surface area contributed by atoms with Crippen LogP contribution in [0.1, 0.15) is 39.0 Å². The Bertz CT molecular complexity index is 401. The summed E-state index contributed by atoms with van der Waals surface area (Å²) in [7, 11) is 3.79. The Morgan fingerprint density at radius 2 is 2.24 bits per heavy atom. The zero-order valence-corrected chi connectivity index (χ0v) is 11.1. The number of allylic oxidation sites excluding steroid dienone is 1. The van der Waals surface area contributed by atoms with Gasteiger partial charge in [0.05, 0.1) is 18.8 Å². The van der Waals surface area contributed by atoms with Crippen LogP contribution in [0, 0.1) is 0 Å². The van der Waals surface area contributed by atoms with E-state index in [2.05, 4.69) is 18.9 Å². The van der Waals surface area contributed by atoms with Gasteiger partial charge in [-0.15, -0.1) is 0 Å². The summed E-state index contributed by atoms with van der Waals surface area (Å²) in [4.78, 5) is 2.58. The number of hydrogen-bond acceptors (Lipinski definition) is 2. The van der Waals surface area contributed by atoms with Gasteiger partial charge < -0.3 is 9.64 Å². The molecule has 0 amide bonds. The van der Waals surface area contributed by atoms with Crippen molar-refractivity contribution in [3.8, 4) is 0 Å². The molecule has 3 heteroatoms. The molecule has 3 heterocycles. The molecule has 1 aliphatic carbocycles. The summed E-state index contributed by atoms with van der Waals surface area (Å²) in [5, 5.41) is 0.711. The molecule has 0 N–H and O–H groups in total. The second-order valence-corrected chi connectivity index (χ2v) is 7.12. The molecule has 0 aromatic carbocycles. The highest BCUT2D eigenvalue weighted by Gasteiger charge is 2.55. The van der Waals surface area contributed by atoms with Crippen molar-refractivity contribution in [3.05, 3.63) is 11.3 Å². The molecule has 0 aromatic heterocycles. The molecule has 2 unspecified atom stereocenters. The molecule has 1 spiro atoms. The summed E-state index contributed by atoms with van der Waals surface area (Å²) in [5.74, 6) is 0.998. The molecular weight excluding hydrogens is 209 g/mol. The molecule has 0 aromatic rings. The molecule has 92 valence electrons. The summed E-state index contributed by atoms with van der Waals surface area (Å²) >= 11 is 0. The highest BCUT2D eigenvalue weighted by atomic mass is 16.5. The van der Waals surface area contributed by atoms with E-state index in [1.807, 2.05) is 0 Å². The maximum Gasteiger partial charge on any atom is 0.130 e. The Hall–Kier alpha value is -0.435. The lowest BCUT2D eigenvalue weighted by atomic mass is 9.85. The molecule has 0 saturated carbocycles. The number of nitrogens with zero attached hydrogens (tertiary/aromatic N) is 1. The van der Waals surface area contributed by atoms with Crippen LogP contribution < -0.4 is 0 Å². The van der Waals surface area contributed by atoms with E-state index in [0.29, 0.717) is 10.9 Å². The van der Waals surface area contributed by atoms with Crippen molar-refractivity contribution in [2.75, 3.05) is 20.3 Å². The molecule has 2 saturated heterocycles. The quantitative estimate of drug-likeness (QED) is 0.593. The minimum absolute atomic E-state index is 0.375. The van der Waals surface area contributed by atoms with Gasteiger partial charge in [-0.2, -0.15) is 0 Å². The van der Waals surface area contributed by atoms with E-state index < -0.39 is 0 Å². The molecule has 4 rings (SSSR count). The van der Waals surface area contributed by atoms with Gasteiger partial charge in [0.2, 0.25) is 0 Å². The highest BCUT2D eigenvalue weighted by Crippen LogP contribution is 2.65. The zero-order valence-electron chi connectivity index (χ0n) is 11.1. The molecule has 2 atom stereocenters. The maximum atomic E-state index is 5.49. The van der Waals surface area contributed by atoms with Crippen molar-refractivity contribution >= 4 is 7.28 Å². The Labute approximate surface area is 105 Å². The average Bonchev–Trinajstić information content (AvgIpc) is 2.72. The summed E-state index contributed by atoms with van der Waals surface area (Å²) in [5.41, 5.74) is 3.84. The van der Waals surface area contributed by atoms with Crippen molar-refractivity contribution in [2.24, 2.45) is 0 Å². The molecule has 0 radical (unpaired) electrons. The van der Waals surface area contributed by atoms with Gasteiger partial charge in [-0.1, -0.05) is 24.5 Å². The van der Waals surface area contributed by atoms with E-state index in [1.165, 1.54) is 39.4 Å². The molecule has 2 nitrogen and oxygen atoms in total.